The third kappa shape index (κ3) is 2.50. The summed E-state index contributed by atoms with van der Waals surface area (Å²) < 4.78 is 12.3. The van der Waals surface area contributed by atoms with Crippen LogP contribution < -0.4 is 0 Å². The average Bonchev–Trinajstić information content (AvgIpc) is 2.24. The number of hydrogen-bond acceptors (Lipinski definition) is 2. The first kappa shape index (κ1) is 12.6. The van der Waals surface area contributed by atoms with Crippen molar-refractivity contribution in [2.24, 2.45) is 0 Å². The Morgan fingerprint density at radius 3 is 2.62 bits per heavy atom. The summed E-state index contributed by atoms with van der Waals surface area (Å²) in [5, 5.41) is 0.763. The molecule has 0 saturated carbocycles. The summed E-state index contributed by atoms with van der Waals surface area (Å²) in [6.45, 7) is 3.50. The number of alkyl halides is 1. The van der Waals surface area contributed by atoms with E-state index in [9.17, 15) is 0 Å². The van der Waals surface area contributed by atoms with Crippen LogP contribution in [-0.2, 0) is 15.1 Å². The number of ether oxygens (including phenoxy) is 2. The molecule has 0 radical (unpaired) electrons. The van der Waals surface area contributed by atoms with Gasteiger partial charge in [0.05, 0.1) is 13.2 Å². The molecule has 0 bridgehead atoms. The van der Waals surface area contributed by atoms with Gasteiger partial charge in [-0.25, -0.2) is 0 Å². The van der Waals surface area contributed by atoms with Crippen molar-refractivity contribution in [1.82, 2.24) is 0 Å². The van der Waals surface area contributed by atoms with E-state index >= 15 is 0 Å². The van der Waals surface area contributed by atoms with Crippen molar-refractivity contribution >= 4 is 31.9 Å². The van der Waals surface area contributed by atoms with Gasteiger partial charge in [0, 0.05) is 9.80 Å². The molecule has 1 fully saturated rings. The van der Waals surface area contributed by atoms with Crippen molar-refractivity contribution in [2.75, 3.05) is 18.5 Å². The molecule has 1 atom stereocenters. The van der Waals surface area contributed by atoms with Crippen LogP contribution in [0.25, 0.3) is 0 Å². The molecule has 2 nitrogen and oxygen atoms in total. The van der Waals surface area contributed by atoms with Gasteiger partial charge in [-0.2, -0.15) is 0 Å². The molecule has 1 saturated heterocycles. The monoisotopic (exact) mass is 348 g/mol. The van der Waals surface area contributed by atoms with Crippen LogP contribution in [-0.4, -0.2) is 24.6 Å². The van der Waals surface area contributed by atoms with E-state index in [1.165, 1.54) is 5.56 Å². The van der Waals surface area contributed by atoms with E-state index in [2.05, 4.69) is 44.8 Å². The van der Waals surface area contributed by atoms with Crippen molar-refractivity contribution in [3.63, 3.8) is 0 Å². The summed E-state index contributed by atoms with van der Waals surface area (Å²) in [5.74, 6) is 0. The van der Waals surface area contributed by atoms with Crippen molar-refractivity contribution in [2.45, 2.75) is 18.6 Å². The van der Waals surface area contributed by atoms with Gasteiger partial charge in [-0.3, -0.25) is 0 Å². The molecule has 1 aliphatic rings. The molecule has 0 N–H and O–H groups in total. The third-order valence-electron chi connectivity index (χ3n) is 2.73. The fourth-order valence-electron chi connectivity index (χ4n) is 1.71. The van der Waals surface area contributed by atoms with Crippen molar-refractivity contribution in [1.29, 1.82) is 0 Å². The van der Waals surface area contributed by atoms with Crippen LogP contribution in [0.5, 0.6) is 0 Å². The fourth-order valence-corrected chi connectivity index (χ4v) is 2.85. The lowest BCUT2D eigenvalue weighted by molar-refractivity contribution is -0.183. The second-order valence-corrected chi connectivity index (χ2v) is 5.54. The van der Waals surface area contributed by atoms with Gasteiger partial charge in [0.1, 0.15) is 11.7 Å². The Bertz CT molecular complexity index is 366. The molecule has 88 valence electrons. The molecule has 2 rings (SSSR count). The quantitative estimate of drug-likeness (QED) is 0.775. The first-order valence-electron chi connectivity index (χ1n) is 5.22. The van der Waals surface area contributed by atoms with Crippen LogP contribution in [0.15, 0.2) is 28.7 Å². The van der Waals surface area contributed by atoms with E-state index < -0.39 is 0 Å². The summed E-state index contributed by atoms with van der Waals surface area (Å²) in [6.07, 6.45) is 0.217. The standard InChI is InChI=1S/C12H14Br2O2/c1-12(8-13,16-9-6-15-7-9)10-4-2-3-5-11(10)14/h2-5,9H,6-8H2,1H3. The van der Waals surface area contributed by atoms with E-state index in [-0.39, 0.29) is 11.7 Å². The molecule has 0 aromatic heterocycles. The predicted molar refractivity (Wildman–Crippen MR) is 71.0 cm³/mol. The van der Waals surface area contributed by atoms with Gasteiger partial charge in [-0.15, -0.1) is 0 Å². The lowest BCUT2D eigenvalue weighted by Gasteiger charge is -2.37. The maximum absolute atomic E-state index is 6.09. The molecule has 4 heteroatoms. The maximum Gasteiger partial charge on any atom is 0.105 e. The van der Waals surface area contributed by atoms with Gasteiger partial charge < -0.3 is 9.47 Å². The summed E-state index contributed by atoms with van der Waals surface area (Å²) in [5.41, 5.74) is 0.855. The summed E-state index contributed by atoms with van der Waals surface area (Å²) in [7, 11) is 0. The van der Waals surface area contributed by atoms with E-state index in [1.807, 2.05) is 18.2 Å². The SMILES string of the molecule is CC(CBr)(OC1COC1)c1ccccc1Br. The lowest BCUT2D eigenvalue weighted by Crippen LogP contribution is -2.43. The minimum Gasteiger partial charge on any atom is -0.376 e. The molecule has 1 aliphatic heterocycles. The zero-order chi connectivity index (χ0) is 11.6. The molecule has 16 heavy (non-hydrogen) atoms. The lowest BCUT2D eigenvalue weighted by atomic mass is 9.97. The van der Waals surface area contributed by atoms with Gasteiger partial charge in [-0.05, 0) is 18.6 Å². The Morgan fingerprint density at radius 1 is 1.44 bits per heavy atom. The first-order chi connectivity index (χ1) is 7.65. The van der Waals surface area contributed by atoms with E-state index in [1.54, 1.807) is 0 Å². The molecule has 1 unspecified atom stereocenters. The molecule has 1 aromatic carbocycles. The van der Waals surface area contributed by atoms with E-state index in [0.29, 0.717) is 13.2 Å². The number of rotatable bonds is 4. The molecule has 1 aromatic rings. The van der Waals surface area contributed by atoms with Crippen LogP contribution in [0.3, 0.4) is 0 Å². The highest BCUT2D eigenvalue weighted by Crippen LogP contribution is 2.35. The van der Waals surface area contributed by atoms with E-state index in [4.69, 9.17) is 9.47 Å². The molecule has 0 spiro atoms. The Kier molecular flexibility index (Phi) is 4.06. The Labute approximate surface area is 113 Å². The fraction of sp³-hybridized carbons (Fsp3) is 0.500. The van der Waals surface area contributed by atoms with E-state index in [0.717, 1.165) is 9.80 Å². The smallest absolute Gasteiger partial charge is 0.105 e. The number of halogens is 2. The third-order valence-corrected chi connectivity index (χ3v) is 4.49. The highest BCUT2D eigenvalue weighted by molar-refractivity contribution is 9.10. The number of hydrogen-bond donors (Lipinski definition) is 0. The minimum atomic E-state index is -0.311. The molecule has 0 amide bonds. The molecule has 1 heterocycles. The molecular weight excluding hydrogens is 336 g/mol. The van der Waals surface area contributed by atoms with Crippen LogP contribution >= 0.6 is 31.9 Å². The van der Waals surface area contributed by atoms with Crippen LogP contribution in [0, 0.1) is 0 Å². The van der Waals surface area contributed by atoms with Gasteiger partial charge in [0.15, 0.2) is 0 Å². The van der Waals surface area contributed by atoms with Crippen LogP contribution in [0.4, 0.5) is 0 Å². The van der Waals surface area contributed by atoms with Crippen LogP contribution in [0.2, 0.25) is 0 Å². The summed E-state index contributed by atoms with van der Waals surface area (Å²) >= 11 is 7.11. The normalized spacial score (nSPS) is 20.2. The predicted octanol–water partition coefficient (Wildman–Crippen LogP) is 3.47. The Morgan fingerprint density at radius 2 is 2.12 bits per heavy atom. The van der Waals surface area contributed by atoms with Crippen molar-refractivity contribution in [3.8, 4) is 0 Å². The molecule has 0 aliphatic carbocycles. The second kappa shape index (κ2) is 5.17. The highest BCUT2D eigenvalue weighted by atomic mass is 79.9. The topological polar surface area (TPSA) is 18.5 Å². The zero-order valence-electron chi connectivity index (χ0n) is 9.08. The minimum absolute atomic E-state index is 0.217. The molecular formula is C12H14Br2O2. The summed E-state index contributed by atoms with van der Waals surface area (Å²) in [6, 6.07) is 8.16. The zero-order valence-corrected chi connectivity index (χ0v) is 12.3. The van der Waals surface area contributed by atoms with Gasteiger partial charge in [0.2, 0.25) is 0 Å². The Balaban J connectivity index is 2.22. The number of benzene rings is 1. The van der Waals surface area contributed by atoms with Crippen LogP contribution in [0.1, 0.15) is 12.5 Å². The maximum atomic E-state index is 6.09. The van der Waals surface area contributed by atoms with Gasteiger partial charge >= 0.3 is 0 Å². The summed E-state index contributed by atoms with van der Waals surface area (Å²) in [4.78, 5) is 0. The Hall–Kier alpha value is 0.100. The first-order valence-corrected chi connectivity index (χ1v) is 7.14. The average molecular weight is 350 g/mol. The highest BCUT2D eigenvalue weighted by Gasteiger charge is 2.34. The van der Waals surface area contributed by atoms with Crippen molar-refractivity contribution in [3.05, 3.63) is 34.3 Å². The second-order valence-electron chi connectivity index (χ2n) is 4.12. The van der Waals surface area contributed by atoms with Crippen molar-refractivity contribution < 1.29 is 9.47 Å². The van der Waals surface area contributed by atoms with Gasteiger partial charge in [0.25, 0.3) is 0 Å². The van der Waals surface area contributed by atoms with Gasteiger partial charge in [-0.1, -0.05) is 50.1 Å². The largest absolute Gasteiger partial charge is 0.376 e.